The minimum atomic E-state index is 0.193. The fourth-order valence-electron chi connectivity index (χ4n) is 2.91. The number of nitrogens with one attached hydrogen (secondary N) is 1. The summed E-state index contributed by atoms with van der Waals surface area (Å²) in [6.07, 6.45) is 4.11. The number of amides is 1. The number of methoxy groups -OCH3 is 1. The van der Waals surface area contributed by atoms with Gasteiger partial charge >= 0.3 is 0 Å². The summed E-state index contributed by atoms with van der Waals surface area (Å²) in [5, 5.41) is 3.06. The lowest BCUT2D eigenvalue weighted by Gasteiger charge is -2.31. The van der Waals surface area contributed by atoms with Crippen molar-refractivity contribution in [2.24, 2.45) is 5.92 Å². The molecule has 0 atom stereocenters. The van der Waals surface area contributed by atoms with E-state index in [1.807, 2.05) is 12.1 Å². The number of rotatable bonds is 7. The van der Waals surface area contributed by atoms with Crippen LogP contribution in [0.3, 0.4) is 0 Å². The number of benzene rings is 1. The SMILES string of the molecule is CCCCNC(=O)C1CCN(Cc2cccc(OC)c2)CC1. The molecular weight excluding hydrogens is 276 g/mol. The number of piperidine rings is 1. The molecule has 1 aromatic rings. The largest absolute Gasteiger partial charge is 0.497 e. The topological polar surface area (TPSA) is 41.6 Å². The predicted molar refractivity (Wildman–Crippen MR) is 88.9 cm³/mol. The summed E-state index contributed by atoms with van der Waals surface area (Å²) >= 11 is 0. The predicted octanol–water partition coefficient (Wildman–Crippen LogP) is 2.82. The second-order valence-electron chi connectivity index (χ2n) is 6.05. The molecule has 4 heteroatoms. The lowest BCUT2D eigenvalue weighted by molar-refractivity contribution is -0.126. The fraction of sp³-hybridized carbons (Fsp3) is 0.611. The van der Waals surface area contributed by atoms with Crippen LogP contribution in [0.4, 0.5) is 0 Å². The van der Waals surface area contributed by atoms with E-state index in [0.717, 1.165) is 57.6 Å². The zero-order valence-electron chi connectivity index (χ0n) is 13.8. The van der Waals surface area contributed by atoms with Crippen molar-refractivity contribution < 1.29 is 9.53 Å². The van der Waals surface area contributed by atoms with Crippen LogP contribution < -0.4 is 10.1 Å². The normalized spacial score (nSPS) is 16.5. The highest BCUT2D eigenvalue weighted by Crippen LogP contribution is 2.20. The van der Waals surface area contributed by atoms with E-state index in [0.29, 0.717) is 0 Å². The maximum atomic E-state index is 12.1. The number of nitrogens with zero attached hydrogens (tertiary/aromatic N) is 1. The van der Waals surface area contributed by atoms with E-state index in [1.165, 1.54) is 5.56 Å². The van der Waals surface area contributed by atoms with Gasteiger partial charge in [0.25, 0.3) is 0 Å². The average molecular weight is 304 g/mol. The Morgan fingerprint density at radius 2 is 2.14 bits per heavy atom. The first kappa shape index (κ1) is 16.8. The second-order valence-corrected chi connectivity index (χ2v) is 6.05. The fourth-order valence-corrected chi connectivity index (χ4v) is 2.91. The first-order valence-electron chi connectivity index (χ1n) is 8.36. The van der Waals surface area contributed by atoms with Crippen LogP contribution >= 0.6 is 0 Å². The van der Waals surface area contributed by atoms with Crippen LogP contribution in [0.2, 0.25) is 0 Å². The standard InChI is InChI=1S/C18H28N2O2/c1-3-4-10-19-18(21)16-8-11-20(12-9-16)14-15-6-5-7-17(13-15)22-2/h5-7,13,16H,3-4,8-12,14H2,1-2H3,(H,19,21). The number of carbonyl (C=O) groups excluding carboxylic acids is 1. The van der Waals surface area contributed by atoms with Crippen molar-refractivity contribution in [2.75, 3.05) is 26.7 Å². The van der Waals surface area contributed by atoms with Gasteiger partial charge in [-0.2, -0.15) is 0 Å². The van der Waals surface area contributed by atoms with Gasteiger partial charge in [-0.15, -0.1) is 0 Å². The molecule has 0 spiro atoms. The Kier molecular flexibility index (Phi) is 6.72. The Morgan fingerprint density at radius 3 is 2.82 bits per heavy atom. The highest BCUT2D eigenvalue weighted by atomic mass is 16.5. The lowest BCUT2D eigenvalue weighted by Crippen LogP contribution is -2.40. The van der Waals surface area contributed by atoms with Gasteiger partial charge in [0, 0.05) is 19.0 Å². The van der Waals surface area contributed by atoms with E-state index in [9.17, 15) is 4.79 Å². The van der Waals surface area contributed by atoms with Crippen LogP contribution in [-0.4, -0.2) is 37.6 Å². The molecular formula is C18H28N2O2. The molecule has 122 valence electrons. The van der Waals surface area contributed by atoms with Gasteiger partial charge in [-0.05, 0) is 50.0 Å². The molecule has 22 heavy (non-hydrogen) atoms. The van der Waals surface area contributed by atoms with E-state index in [2.05, 4.69) is 29.3 Å². The van der Waals surface area contributed by atoms with Crippen LogP contribution in [0.15, 0.2) is 24.3 Å². The Morgan fingerprint density at radius 1 is 1.36 bits per heavy atom. The van der Waals surface area contributed by atoms with E-state index >= 15 is 0 Å². The van der Waals surface area contributed by atoms with E-state index in [1.54, 1.807) is 7.11 Å². The quantitative estimate of drug-likeness (QED) is 0.788. The second kappa shape index (κ2) is 8.79. The average Bonchev–Trinajstić information content (AvgIpc) is 2.56. The van der Waals surface area contributed by atoms with Crippen LogP contribution in [0.25, 0.3) is 0 Å². The summed E-state index contributed by atoms with van der Waals surface area (Å²) in [5.74, 6) is 1.34. The molecule has 1 aromatic carbocycles. The van der Waals surface area contributed by atoms with Crippen molar-refractivity contribution in [1.82, 2.24) is 10.2 Å². The van der Waals surface area contributed by atoms with Gasteiger partial charge in [0.15, 0.2) is 0 Å². The molecule has 0 aliphatic carbocycles. The zero-order valence-corrected chi connectivity index (χ0v) is 13.8. The van der Waals surface area contributed by atoms with E-state index < -0.39 is 0 Å². The third-order valence-corrected chi connectivity index (χ3v) is 4.33. The minimum absolute atomic E-state index is 0.193. The van der Waals surface area contributed by atoms with Gasteiger partial charge < -0.3 is 10.1 Å². The molecule has 1 saturated heterocycles. The molecule has 1 amide bonds. The Hall–Kier alpha value is -1.55. The number of carbonyl (C=O) groups is 1. The number of hydrogen-bond acceptors (Lipinski definition) is 3. The van der Waals surface area contributed by atoms with Gasteiger partial charge in [-0.1, -0.05) is 25.5 Å². The maximum Gasteiger partial charge on any atom is 0.223 e. The summed E-state index contributed by atoms with van der Waals surface area (Å²) in [5.41, 5.74) is 1.27. The van der Waals surface area contributed by atoms with E-state index in [4.69, 9.17) is 4.74 Å². The minimum Gasteiger partial charge on any atom is -0.497 e. The summed E-state index contributed by atoms with van der Waals surface area (Å²) in [6.45, 7) is 5.87. The zero-order chi connectivity index (χ0) is 15.8. The van der Waals surface area contributed by atoms with Gasteiger partial charge in [0.2, 0.25) is 5.91 Å². The monoisotopic (exact) mass is 304 g/mol. The molecule has 1 aliphatic rings. The molecule has 0 unspecified atom stereocenters. The van der Waals surface area contributed by atoms with Crippen LogP contribution in [0.5, 0.6) is 5.75 Å². The Bertz CT molecular complexity index is 468. The summed E-state index contributed by atoms with van der Waals surface area (Å²) in [4.78, 5) is 14.5. The summed E-state index contributed by atoms with van der Waals surface area (Å²) in [7, 11) is 1.70. The van der Waals surface area contributed by atoms with Crippen LogP contribution in [0.1, 0.15) is 38.2 Å². The summed E-state index contributed by atoms with van der Waals surface area (Å²) < 4.78 is 5.27. The van der Waals surface area contributed by atoms with E-state index in [-0.39, 0.29) is 11.8 Å². The van der Waals surface area contributed by atoms with Crippen LogP contribution in [0, 0.1) is 5.92 Å². The smallest absolute Gasteiger partial charge is 0.223 e. The molecule has 0 radical (unpaired) electrons. The number of hydrogen-bond donors (Lipinski definition) is 1. The first-order valence-corrected chi connectivity index (χ1v) is 8.36. The molecule has 0 bridgehead atoms. The number of ether oxygens (including phenoxy) is 1. The van der Waals surface area contributed by atoms with Crippen molar-refractivity contribution in [3.05, 3.63) is 29.8 Å². The molecule has 1 fully saturated rings. The molecule has 1 heterocycles. The van der Waals surface area contributed by atoms with Crippen LogP contribution in [-0.2, 0) is 11.3 Å². The van der Waals surface area contributed by atoms with Crippen molar-refractivity contribution in [3.63, 3.8) is 0 Å². The van der Waals surface area contributed by atoms with Crippen molar-refractivity contribution >= 4 is 5.91 Å². The maximum absolute atomic E-state index is 12.1. The molecule has 1 N–H and O–H groups in total. The van der Waals surface area contributed by atoms with Gasteiger partial charge in [0.1, 0.15) is 5.75 Å². The van der Waals surface area contributed by atoms with Gasteiger partial charge in [-0.25, -0.2) is 0 Å². The summed E-state index contributed by atoms with van der Waals surface area (Å²) in [6, 6.07) is 8.22. The Labute approximate surface area is 133 Å². The van der Waals surface area contributed by atoms with Crippen molar-refractivity contribution in [2.45, 2.75) is 39.2 Å². The molecule has 0 saturated carbocycles. The molecule has 1 aliphatic heterocycles. The highest BCUT2D eigenvalue weighted by molar-refractivity contribution is 5.78. The lowest BCUT2D eigenvalue weighted by atomic mass is 9.95. The third kappa shape index (κ3) is 5.02. The number of unbranched alkanes of at least 4 members (excludes halogenated alkanes) is 1. The molecule has 2 rings (SSSR count). The van der Waals surface area contributed by atoms with Gasteiger partial charge in [-0.3, -0.25) is 9.69 Å². The van der Waals surface area contributed by atoms with Gasteiger partial charge in [0.05, 0.1) is 7.11 Å². The number of likely N-dealkylation sites (tertiary alicyclic amines) is 1. The third-order valence-electron chi connectivity index (χ3n) is 4.33. The van der Waals surface area contributed by atoms with Crippen molar-refractivity contribution in [3.8, 4) is 5.75 Å². The molecule has 4 nitrogen and oxygen atoms in total. The first-order chi connectivity index (χ1) is 10.7. The molecule has 0 aromatic heterocycles. The van der Waals surface area contributed by atoms with Crippen molar-refractivity contribution in [1.29, 1.82) is 0 Å². The highest BCUT2D eigenvalue weighted by Gasteiger charge is 2.24. The Balaban J connectivity index is 1.75.